The van der Waals surface area contributed by atoms with Crippen molar-refractivity contribution in [2.45, 2.75) is 88.7 Å². The Morgan fingerprint density at radius 2 is 1.25 bits per heavy atom. The van der Waals surface area contributed by atoms with Crippen molar-refractivity contribution in [2.75, 3.05) is 55.6 Å². The average Bonchev–Trinajstić information content (AvgIpc) is 3.23. The van der Waals surface area contributed by atoms with Gasteiger partial charge in [0.25, 0.3) is 11.8 Å². The van der Waals surface area contributed by atoms with E-state index in [-0.39, 0.29) is 29.7 Å². The van der Waals surface area contributed by atoms with Crippen molar-refractivity contribution in [3.05, 3.63) is 132 Å². The second-order valence-corrected chi connectivity index (χ2v) is 17.8. The lowest BCUT2D eigenvalue weighted by molar-refractivity contribution is -0.225. The van der Waals surface area contributed by atoms with E-state index < -0.39 is 22.9 Å². The van der Waals surface area contributed by atoms with E-state index in [0.717, 1.165) is 76.2 Å². The van der Waals surface area contributed by atoms with Crippen molar-refractivity contribution in [3.8, 4) is 0 Å². The predicted octanol–water partition coefficient (Wildman–Crippen LogP) is 7.67. The number of hydrogen-bond donors (Lipinski definition) is 0. The zero-order chi connectivity index (χ0) is 39.6. The third kappa shape index (κ3) is 8.33. The van der Waals surface area contributed by atoms with Crippen LogP contribution in [0.1, 0.15) is 58.1 Å². The summed E-state index contributed by atoms with van der Waals surface area (Å²) in [6, 6.07) is 41.9. The summed E-state index contributed by atoms with van der Waals surface area (Å²) in [7, 11) is 0. The Hall–Kier alpha value is -4.34. The van der Waals surface area contributed by atoms with Gasteiger partial charge in [0.2, 0.25) is 0 Å². The number of piperidine rings is 2. The summed E-state index contributed by atoms with van der Waals surface area (Å²) in [6.45, 7) is 13.6. The molecule has 8 rings (SSSR count). The van der Waals surface area contributed by atoms with Crippen molar-refractivity contribution in [1.29, 1.82) is 0 Å². The number of carbonyl (C=O) groups is 2. The summed E-state index contributed by atoms with van der Waals surface area (Å²) in [5.41, 5.74) is 2.34. The first-order valence-corrected chi connectivity index (χ1v) is 21.2. The summed E-state index contributed by atoms with van der Waals surface area (Å²) in [5.74, 6) is 0.119. The number of amides is 2. The smallest absolute Gasteiger partial charge is 0.258 e. The highest BCUT2D eigenvalue weighted by Gasteiger charge is 2.60. The molecule has 300 valence electrons. The van der Waals surface area contributed by atoms with Crippen LogP contribution in [0.5, 0.6) is 0 Å². The van der Waals surface area contributed by atoms with Crippen LogP contribution in [0, 0.1) is 11.8 Å². The molecule has 4 saturated heterocycles. The molecule has 5 unspecified atom stereocenters. The van der Waals surface area contributed by atoms with Gasteiger partial charge in [0.05, 0.1) is 24.3 Å². The highest BCUT2D eigenvalue weighted by molar-refractivity contribution is 6.00. The molecule has 0 N–H and O–H groups in total. The summed E-state index contributed by atoms with van der Waals surface area (Å²) < 4.78 is 14.5. The Bertz CT molecular complexity index is 1960. The van der Waals surface area contributed by atoms with E-state index in [1.54, 1.807) is 0 Å². The number of ether oxygens (including phenoxy) is 2. The second kappa shape index (κ2) is 16.5. The van der Waals surface area contributed by atoms with Gasteiger partial charge < -0.3 is 24.2 Å². The molecule has 57 heavy (non-hydrogen) atoms. The summed E-state index contributed by atoms with van der Waals surface area (Å²) >= 11 is 0. The Kier molecular flexibility index (Phi) is 11.4. The molecule has 8 heteroatoms. The van der Waals surface area contributed by atoms with Crippen molar-refractivity contribution >= 4 is 23.2 Å². The molecule has 4 aromatic rings. The number of likely N-dealkylation sites (tertiary alicyclic amines) is 2. The number of morpholine rings is 2. The predicted molar refractivity (Wildman–Crippen MR) is 227 cm³/mol. The third-order valence-corrected chi connectivity index (χ3v) is 13.2. The fourth-order valence-corrected chi connectivity index (χ4v) is 10.2. The van der Waals surface area contributed by atoms with Crippen LogP contribution < -0.4 is 9.80 Å². The molecule has 0 radical (unpaired) electrons. The second-order valence-electron chi connectivity index (χ2n) is 17.8. The van der Waals surface area contributed by atoms with Crippen molar-refractivity contribution < 1.29 is 19.1 Å². The van der Waals surface area contributed by atoms with E-state index >= 15 is 0 Å². The first-order valence-electron chi connectivity index (χ1n) is 21.2. The van der Waals surface area contributed by atoms with E-state index in [0.29, 0.717) is 13.1 Å². The highest BCUT2D eigenvalue weighted by atomic mass is 16.5. The molecule has 8 nitrogen and oxygen atoms in total. The van der Waals surface area contributed by atoms with E-state index in [9.17, 15) is 9.59 Å². The fourth-order valence-electron chi connectivity index (χ4n) is 10.2. The molecule has 4 aromatic carbocycles. The maximum atomic E-state index is 14.3. The minimum atomic E-state index is -1.01. The topological polar surface area (TPSA) is 65.6 Å². The van der Waals surface area contributed by atoms with Crippen molar-refractivity contribution in [1.82, 2.24) is 9.80 Å². The molecule has 2 amide bonds. The Morgan fingerprint density at radius 3 is 1.84 bits per heavy atom. The molecular weight excluding hydrogens is 709 g/mol. The molecule has 4 aliphatic rings. The number of rotatable bonds is 10. The van der Waals surface area contributed by atoms with E-state index in [2.05, 4.69) is 109 Å². The quantitative estimate of drug-likeness (QED) is 0.165. The van der Waals surface area contributed by atoms with E-state index in [1.165, 1.54) is 11.1 Å². The molecule has 4 fully saturated rings. The molecular formula is C49H60N4O4. The van der Waals surface area contributed by atoms with Gasteiger partial charge >= 0.3 is 0 Å². The molecule has 0 aromatic heterocycles. The normalized spacial score (nSPS) is 28.4. The number of nitrogens with zero attached hydrogens (tertiary/aromatic N) is 4. The van der Waals surface area contributed by atoms with Gasteiger partial charge in [-0.2, -0.15) is 0 Å². The van der Waals surface area contributed by atoms with Crippen molar-refractivity contribution in [2.24, 2.45) is 11.8 Å². The van der Waals surface area contributed by atoms with Gasteiger partial charge in [-0.3, -0.25) is 14.5 Å². The van der Waals surface area contributed by atoms with Gasteiger partial charge in [-0.1, -0.05) is 111 Å². The fraction of sp³-hybridized carbons (Fsp3) is 0.469. The standard InChI is InChI=1S/C49H60N4O4/c1-37(2)44-45(54)52(40-21-13-7-14-22-40)35-48(56-44)27-32-51(30-26-39-19-11-6-12-20-39)43(33-48)42-34-50(29-25-38-17-9-5-10-18-38)31-28-49(42)36-53(41-23-15-8-16-24-41)46(55)47(3,4)57-49/h5-24,37,42-44H,25-36H2,1-4H3. The lowest BCUT2D eigenvalue weighted by Gasteiger charge is -2.61. The van der Waals surface area contributed by atoms with Gasteiger partial charge in [-0.15, -0.1) is 0 Å². The van der Waals surface area contributed by atoms with Crippen molar-refractivity contribution in [3.63, 3.8) is 0 Å². The maximum Gasteiger partial charge on any atom is 0.258 e. The van der Waals surface area contributed by atoms with Crippen LogP contribution in [0.2, 0.25) is 0 Å². The number of benzene rings is 4. The molecule has 0 saturated carbocycles. The van der Waals surface area contributed by atoms with Crippen LogP contribution >= 0.6 is 0 Å². The SMILES string of the molecule is CC(C)C1OC2(CCN(CCc3ccccc3)C(C3CN(CCc4ccccc4)CCC34CN(c3ccccc3)C(=O)C(C)(C)O4)C2)CN(c2ccccc2)C1=O. The average molecular weight is 769 g/mol. The van der Waals surface area contributed by atoms with Crippen LogP contribution in [0.4, 0.5) is 11.4 Å². The number of hydrogen-bond acceptors (Lipinski definition) is 6. The van der Waals surface area contributed by atoms with Crippen LogP contribution in [0.3, 0.4) is 0 Å². The van der Waals surface area contributed by atoms with Gasteiger partial charge in [0, 0.05) is 56.1 Å². The minimum absolute atomic E-state index is 0.00182. The molecule has 4 heterocycles. The summed E-state index contributed by atoms with van der Waals surface area (Å²) in [4.78, 5) is 37.8. The van der Waals surface area contributed by atoms with Crippen LogP contribution in [-0.2, 0) is 31.9 Å². The minimum Gasteiger partial charge on any atom is -0.360 e. The third-order valence-electron chi connectivity index (χ3n) is 13.2. The summed E-state index contributed by atoms with van der Waals surface area (Å²) in [5, 5.41) is 0. The zero-order valence-electron chi connectivity index (χ0n) is 34.3. The van der Waals surface area contributed by atoms with Gasteiger partial charge in [0.1, 0.15) is 11.7 Å². The largest absolute Gasteiger partial charge is 0.360 e. The first kappa shape index (κ1) is 39.5. The number of anilines is 2. The van der Waals surface area contributed by atoms with Gasteiger partial charge in [-0.05, 0) is 87.3 Å². The van der Waals surface area contributed by atoms with Crippen LogP contribution in [-0.4, -0.2) is 96.4 Å². The Balaban J connectivity index is 1.20. The molecule has 5 atom stereocenters. The Labute approximate surface area is 339 Å². The molecule has 2 spiro atoms. The van der Waals surface area contributed by atoms with Crippen LogP contribution in [0.15, 0.2) is 121 Å². The molecule has 4 aliphatic heterocycles. The first-order chi connectivity index (χ1) is 27.5. The number of carbonyl (C=O) groups excluding carboxylic acids is 2. The maximum absolute atomic E-state index is 14.3. The monoisotopic (exact) mass is 768 g/mol. The summed E-state index contributed by atoms with van der Waals surface area (Å²) in [6.07, 6.45) is 3.79. The highest BCUT2D eigenvalue weighted by Crippen LogP contribution is 2.48. The number of para-hydroxylation sites is 2. The van der Waals surface area contributed by atoms with Crippen LogP contribution in [0.25, 0.3) is 0 Å². The molecule has 0 aliphatic carbocycles. The molecule has 0 bridgehead atoms. The Morgan fingerprint density at radius 1 is 0.684 bits per heavy atom. The van der Waals surface area contributed by atoms with Gasteiger partial charge in [0.15, 0.2) is 0 Å². The van der Waals surface area contributed by atoms with Gasteiger partial charge in [-0.25, -0.2) is 0 Å². The zero-order valence-corrected chi connectivity index (χ0v) is 34.3. The van der Waals surface area contributed by atoms with E-state index in [1.807, 2.05) is 60.0 Å². The van der Waals surface area contributed by atoms with E-state index in [4.69, 9.17) is 9.47 Å². The lowest BCUT2D eigenvalue weighted by atomic mass is 9.68. The lowest BCUT2D eigenvalue weighted by Crippen LogP contribution is -2.73.